The highest BCUT2D eigenvalue weighted by Gasteiger charge is 2.46. The Labute approximate surface area is 266 Å². The van der Waals surface area contributed by atoms with Crippen LogP contribution in [0.3, 0.4) is 0 Å². The van der Waals surface area contributed by atoms with Gasteiger partial charge in [0.15, 0.2) is 0 Å². The summed E-state index contributed by atoms with van der Waals surface area (Å²) in [5.74, 6) is 0.496. The van der Waals surface area contributed by atoms with Gasteiger partial charge in [-0.25, -0.2) is 4.98 Å². The summed E-state index contributed by atoms with van der Waals surface area (Å²) in [5, 5.41) is 7.05. The van der Waals surface area contributed by atoms with Crippen LogP contribution in [0.5, 0.6) is 0 Å². The third-order valence-electron chi connectivity index (χ3n) is 8.07. The minimum Gasteiger partial charge on any atom is -0.368 e. The number of hydrogen-bond acceptors (Lipinski definition) is 5. The number of nitrogens with zero attached hydrogens (tertiary/aromatic N) is 4. The number of benzene rings is 3. The second-order valence-corrected chi connectivity index (χ2v) is 12.5. The molecule has 0 atom stereocenters. The number of rotatable bonds is 8. The largest absolute Gasteiger partial charge is 0.416 e. The van der Waals surface area contributed by atoms with Crippen molar-refractivity contribution in [3.63, 3.8) is 0 Å². The fraction of sp³-hybridized carbons (Fsp3) is 0.387. The SMILES string of the molecule is Cn1c(Nc2cc(CNCC(C)(C)C(F)(F)F)ccc2Cl)nc2cc(Cl)c(N3CCN(c4ccc(C(F)(F)F)cc4)CC3)cc21. The van der Waals surface area contributed by atoms with E-state index < -0.39 is 23.3 Å². The molecule has 4 aromatic rings. The van der Waals surface area contributed by atoms with Crippen molar-refractivity contribution in [2.45, 2.75) is 32.7 Å². The molecule has 1 aromatic heterocycles. The lowest BCUT2D eigenvalue weighted by molar-refractivity contribution is -0.209. The minimum atomic E-state index is -4.37. The first-order valence-corrected chi connectivity index (χ1v) is 14.9. The topological polar surface area (TPSA) is 48.4 Å². The Bertz CT molecular complexity index is 1660. The van der Waals surface area contributed by atoms with Crippen LogP contribution < -0.4 is 20.4 Å². The Hall–Kier alpha value is -3.35. The first kappa shape index (κ1) is 33.0. The Morgan fingerprint density at radius 2 is 1.47 bits per heavy atom. The maximum atomic E-state index is 13.2. The van der Waals surface area contributed by atoms with Crippen LogP contribution in [-0.2, 0) is 19.8 Å². The van der Waals surface area contributed by atoms with Crippen molar-refractivity contribution in [1.82, 2.24) is 14.9 Å². The number of aryl methyl sites for hydroxylation is 1. The highest BCUT2D eigenvalue weighted by atomic mass is 35.5. The van der Waals surface area contributed by atoms with E-state index in [0.29, 0.717) is 53.4 Å². The van der Waals surface area contributed by atoms with Gasteiger partial charge in [0.05, 0.1) is 43.4 Å². The van der Waals surface area contributed by atoms with Gasteiger partial charge >= 0.3 is 12.4 Å². The summed E-state index contributed by atoms with van der Waals surface area (Å²) in [4.78, 5) is 8.86. The van der Waals surface area contributed by atoms with Crippen molar-refractivity contribution < 1.29 is 26.3 Å². The molecular weight excluding hydrogens is 641 g/mol. The zero-order valence-corrected chi connectivity index (χ0v) is 26.3. The van der Waals surface area contributed by atoms with Crippen molar-refractivity contribution >= 4 is 57.2 Å². The van der Waals surface area contributed by atoms with Gasteiger partial charge in [-0.1, -0.05) is 29.3 Å². The van der Waals surface area contributed by atoms with Crippen LogP contribution in [0.4, 0.5) is 49.4 Å². The summed E-state index contributed by atoms with van der Waals surface area (Å²) < 4.78 is 80.3. The van der Waals surface area contributed by atoms with E-state index in [2.05, 4.69) is 20.5 Å². The summed E-state index contributed by atoms with van der Waals surface area (Å²) in [6.45, 7) is 4.74. The number of aromatic nitrogens is 2. The van der Waals surface area contributed by atoms with Gasteiger partial charge in [-0.2, -0.15) is 26.3 Å². The first-order valence-electron chi connectivity index (χ1n) is 14.2. The molecule has 45 heavy (non-hydrogen) atoms. The first-order chi connectivity index (χ1) is 21.0. The maximum Gasteiger partial charge on any atom is 0.416 e. The van der Waals surface area contributed by atoms with Crippen molar-refractivity contribution in [2.24, 2.45) is 12.5 Å². The minimum absolute atomic E-state index is 0.221. The molecule has 0 aliphatic carbocycles. The quantitative estimate of drug-likeness (QED) is 0.184. The Morgan fingerprint density at radius 1 is 0.822 bits per heavy atom. The van der Waals surface area contributed by atoms with Gasteiger partial charge in [-0.05, 0) is 67.9 Å². The monoisotopic (exact) mass is 672 g/mol. The summed E-state index contributed by atoms with van der Waals surface area (Å²) in [6.07, 6.45) is -8.69. The van der Waals surface area contributed by atoms with Crippen LogP contribution in [-0.4, -0.2) is 48.5 Å². The van der Waals surface area contributed by atoms with Gasteiger partial charge in [0, 0.05) is 52.0 Å². The summed E-state index contributed by atoms with van der Waals surface area (Å²) in [7, 11) is 1.84. The number of fused-ring (bicyclic) bond motifs is 1. The third kappa shape index (κ3) is 7.23. The van der Waals surface area contributed by atoms with Gasteiger partial charge in [0.2, 0.25) is 5.95 Å². The molecule has 242 valence electrons. The van der Waals surface area contributed by atoms with E-state index >= 15 is 0 Å². The Morgan fingerprint density at radius 3 is 2.09 bits per heavy atom. The number of imidazole rings is 1. The number of halogens is 8. The lowest BCUT2D eigenvalue weighted by Crippen LogP contribution is -2.46. The molecule has 5 rings (SSSR count). The molecule has 0 bridgehead atoms. The van der Waals surface area contributed by atoms with Crippen LogP contribution in [0.2, 0.25) is 10.0 Å². The molecule has 0 spiro atoms. The third-order valence-corrected chi connectivity index (χ3v) is 8.70. The number of hydrogen-bond donors (Lipinski definition) is 2. The standard InChI is InChI=1S/C31H32Cl2F6N6/c1-29(2,31(37,38)39)18-40-17-19-4-9-22(32)24(14-19)41-28-42-25-15-23(33)26(16-27(25)43(28)3)45-12-10-44(11-13-45)21-7-5-20(6-8-21)30(34,35)36/h4-9,14-16,40H,10-13,17-18H2,1-3H3,(H,41,42). The Kier molecular flexibility index (Phi) is 9.14. The lowest BCUT2D eigenvalue weighted by Gasteiger charge is -2.37. The summed E-state index contributed by atoms with van der Waals surface area (Å²) >= 11 is 13.1. The summed E-state index contributed by atoms with van der Waals surface area (Å²) in [5.41, 5.74) is 1.77. The molecule has 2 heterocycles. The van der Waals surface area contributed by atoms with E-state index in [-0.39, 0.29) is 13.1 Å². The average molecular weight is 674 g/mol. The van der Waals surface area contributed by atoms with Crippen molar-refractivity contribution in [3.8, 4) is 0 Å². The highest BCUT2D eigenvalue weighted by Crippen LogP contribution is 2.38. The predicted octanol–water partition coefficient (Wildman–Crippen LogP) is 8.65. The molecule has 0 saturated carbocycles. The van der Waals surface area contributed by atoms with E-state index in [4.69, 9.17) is 23.2 Å². The fourth-order valence-corrected chi connectivity index (χ4v) is 5.58. The zero-order chi connectivity index (χ0) is 32.7. The van der Waals surface area contributed by atoms with Crippen LogP contribution in [0.1, 0.15) is 25.0 Å². The number of anilines is 4. The van der Waals surface area contributed by atoms with Crippen LogP contribution in [0.25, 0.3) is 11.0 Å². The molecule has 3 aromatic carbocycles. The average Bonchev–Trinajstić information content (AvgIpc) is 3.26. The molecule has 1 fully saturated rings. The molecule has 2 N–H and O–H groups in total. The summed E-state index contributed by atoms with van der Waals surface area (Å²) in [6, 6.07) is 14.1. The van der Waals surface area contributed by atoms with Crippen molar-refractivity contribution in [1.29, 1.82) is 0 Å². The second kappa shape index (κ2) is 12.4. The highest BCUT2D eigenvalue weighted by molar-refractivity contribution is 6.34. The molecule has 0 amide bonds. The van der Waals surface area contributed by atoms with E-state index in [1.807, 2.05) is 22.6 Å². The predicted molar refractivity (Wildman–Crippen MR) is 168 cm³/mol. The van der Waals surface area contributed by atoms with Gasteiger partial charge in [-0.15, -0.1) is 0 Å². The van der Waals surface area contributed by atoms with Crippen molar-refractivity contribution in [2.75, 3.05) is 47.8 Å². The molecule has 0 unspecified atom stereocenters. The molecule has 1 aliphatic rings. The van der Waals surface area contributed by atoms with E-state index in [1.165, 1.54) is 12.1 Å². The fourth-order valence-electron chi connectivity index (χ4n) is 5.14. The van der Waals surface area contributed by atoms with E-state index in [0.717, 1.165) is 48.4 Å². The number of nitrogens with one attached hydrogen (secondary N) is 2. The smallest absolute Gasteiger partial charge is 0.368 e. The van der Waals surface area contributed by atoms with Gasteiger partial charge in [-0.3, -0.25) is 0 Å². The number of alkyl halides is 6. The molecule has 0 radical (unpaired) electrons. The molecule has 1 aliphatic heterocycles. The van der Waals surface area contributed by atoms with Crippen LogP contribution in [0.15, 0.2) is 54.6 Å². The van der Waals surface area contributed by atoms with Gasteiger partial charge in [0.1, 0.15) is 0 Å². The molecule has 14 heteroatoms. The van der Waals surface area contributed by atoms with Crippen molar-refractivity contribution in [3.05, 3.63) is 75.8 Å². The lowest BCUT2D eigenvalue weighted by atomic mass is 9.92. The Balaban J connectivity index is 1.28. The van der Waals surface area contributed by atoms with Gasteiger partial charge in [0.25, 0.3) is 0 Å². The number of piperazine rings is 1. The van der Waals surface area contributed by atoms with E-state index in [9.17, 15) is 26.3 Å². The molecule has 6 nitrogen and oxygen atoms in total. The second-order valence-electron chi connectivity index (χ2n) is 11.7. The molecular formula is C31H32Cl2F6N6. The van der Waals surface area contributed by atoms with Gasteiger partial charge < -0.3 is 25.0 Å². The maximum absolute atomic E-state index is 13.2. The van der Waals surface area contributed by atoms with Crippen LogP contribution in [0, 0.1) is 5.41 Å². The normalized spacial score (nSPS) is 14.8. The zero-order valence-electron chi connectivity index (χ0n) is 24.8. The van der Waals surface area contributed by atoms with E-state index in [1.54, 1.807) is 24.3 Å². The molecule has 1 saturated heterocycles. The van der Waals surface area contributed by atoms with Crippen LogP contribution >= 0.6 is 23.2 Å².